The van der Waals surface area contributed by atoms with Crippen molar-refractivity contribution < 1.29 is 30.0 Å². The van der Waals surface area contributed by atoms with Gasteiger partial charge in [-0.25, -0.2) is 9.97 Å². The molecule has 0 radical (unpaired) electrons. The van der Waals surface area contributed by atoms with Crippen molar-refractivity contribution in [2.24, 2.45) is 0 Å². The minimum Gasteiger partial charge on any atom is -0.481 e. The molecule has 5 rings (SSSR count). The number of H-pyrrole nitrogens is 2. The molecule has 0 aromatic carbocycles. The lowest BCUT2D eigenvalue weighted by Crippen LogP contribution is -2.03. The van der Waals surface area contributed by atoms with E-state index in [1.807, 2.05) is 51.1 Å². The molecular weight excluding hydrogens is 548 g/mol. The second-order valence-electron chi connectivity index (χ2n) is 11.3. The van der Waals surface area contributed by atoms with Crippen LogP contribution in [0.25, 0.3) is 44.4 Å². The van der Waals surface area contributed by atoms with Gasteiger partial charge in [0.15, 0.2) is 0 Å². The van der Waals surface area contributed by atoms with E-state index >= 15 is 0 Å². The molecule has 224 valence electrons. The van der Waals surface area contributed by atoms with E-state index in [9.17, 15) is 30.0 Å². The number of carboxylic acid groups (broad SMARTS) is 2. The number of rotatable bonds is 8. The number of aryl methyl sites for hydroxylation is 2. The topological polar surface area (TPSA) is 172 Å². The van der Waals surface area contributed by atoms with Crippen LogP contribution in [0.5, 0.6) is 0 Å². The molecule has 0 amide bonds. The Balaban J connectivity index is 1.92. The van der Waals surface area contributed by atoms with Crippen LogP contribution in [0.2, 0.25) is 0 Å². The Labute approximate surface area is 248 Å². The lowest BCUT2D eigenvalue weighted by atomic mass is 9.99. The molecule has 8 bridgehead atoms. The second-order valence-corrected chi connectivity index (χ2v) is 11.3. The molecule has 10 heteroatoms. The van der Waals surface area contributed by atoms with E-state index < -0.39 is 24.1 Å². The van der Waals surface area contributed by atoms with Gasteiger partial charge in [0.05, 0.1) is 35.0 Å². The predicted molar refractivity (Wildman–Crippen MR) is 166 cm³/mol. The van der Waals surface area contributed by atoms with Crippen molar-refractivity contribution in [3.63, 3.8) is 0 Å². The van der Waals surface area contributed by atoms with Crippen LogP contribution in [0.3, 0.4) is 0 Å². The summed E-state index contributed by atoms with van der Waals surface area (Å²) in [5.41, 5.74) is 10.7. The summed E-state index contributed by atoms with van der Waals surface area (Å²) >= 11 is 0. The number of aliphatic hydroxyl groups excluding tert-OH is 2. The summed E-state index contributed by atoms with van der Waals surface area (Å²) in [4.78, 5) is 39.5. The van der Waals surface area contributed by atoms with Gasteiger partial charge in [0.2, 0.25) is 0 Å². The summed E-state index contributed by atoms with van der Waals surface area (Å²) in [6.45, 7) is 9.11. The molecular formula is C33H36N4O6. The number of carbonyl (C=O) groups is 2. The van der Waals surface area contributed by atoms with E-state index in [4.69, 9.17) is 9.97 Å². The van der Waals surface area contributed by atoms with Crippen molar-refractivity contribution >= 4 is 56.3 Å². The number of fused-ring (bicyclic) bond motifs is 8. The number of aromatic amines is 2. The summed E-state index contributed by atoms with van der Waals surface area (Å²) in [6.07, 6.45) is -1.16. The largest absolute Gasteiger partial charge is 0.481 e. The molecule has 2 atom stereocenters. The van der Waals surface area contributed by atoms with Crippen LogP contribution in [0.4, 0.5) is 0 Å². The molecule has 3 aromatic heterocycles. The standard InChI is InChI=1S/C33H36N4O6/c1-15-22(7-9-31(42)43)27-14-26-20(6-8-30(40)41)10-21(34-26)11-23-16(2)32(18(4)38)29(36-23)13-25-17(3)33(19(5)39)28(37-25)12-24(15)35-27/h10-14,18-19,34,36,38-39H,6-9H2,1-5H3,(H,40,41)(H,42,43). The van der Waals surface area contributed by atoms with Crippen molar-refractivity contribution in [3.05, 3.63) is 69.8 Å². The number of aliphatic carboxylic acids is 2. The monoisotopic (exact) mass is 584 g/mol. The molecule has 6 N–H and O–H groups in total. The molecule has 43 heavy (non-hydrogen) atoms. The van der Waals surface area contributed by atoms with E-state index in [2.05, 4.69) is 9.97 Å². The Kier molecular flexibility index (Phi) is 8.09. The summed E-state index contributed by atoms with van der Waals surface area (Å²) in [5, 5.41) is 40.3. The van der Waals surface area contributed by atoms with Gasteiger partial charge in [-0.15, -0.1) is 0 Å². The van der Waals surface area contributed by atoms with Crippen LogP contribution in [0.1, 0.15) is 92.5 Å². The van der Waals surface area contributed by atoms with E-state index in [1.54, 1.807) is 13.8 Å². The Bertz CT molecular complexity index is 1870. The molecule has 2 aliphatic heterocycles. The highest BCUT2D eigenvalue weighted by atomic mass is 16.4. The summed E-state index contributed by atoms with van der Waals surface area (Å²) in [7, 11) is 0. The molecule has 0 spiro atoms. The van der Waals surface area contributed by atoms with Crippen LogP contribution < -0.4 is 0 Å². The molecule has 10 nitrogen and oxygen atoms in total. The molecule has 2 unspecified atom stereocenters. The maximum atomic E-state index is 11.5. The third-order valence-corrected chi connectivity index (χ3v) is 8.18. The Morgan fingerprint density at radius 3 is 2.00 bits per heavy atom. The second kappa shape index (κ2) is 11.6. The number of hydrogen-bond acceptors (Lipinski definition) is 6. The average molecular weight is 585 g/mol. The van der Waals surface area contributed by atoms with Crippen molar-refractivity contribution in [2.45, 2.75) is 72.5 Å². The molecule has 0 aliphatic carbocycles. The van der Waals surface area contributed by atoms with Gasteiger partial charge in [-0.1, -0.05) is 0 Å². The van der Waals surface area contributed by atoms with Crippen LogP contribution in [0, 0.1) is 6.92 Å². The first kappa shape index (κ1) is 29.9. The molecule has 3 aromatic rings. The highest BCUT2D eigenvalue weighted by molar-refractivity contribution is 5.96. The van der Waals surface area contributed by atoms with Gasteiger partial charge in [-0.2, -0.15) is 0 Å². The molecule has 0 saturated carbocycles. The normalized spacial score (nSPS) is 14.8. The smallest absolute Gasteiger partial charge is 0.303 e. The van der Waals surface area contributed by atoms with Gasteiger partial charge in [0, 0.05) is 46.0 Å². The summed E-state index contributed by atoms with van der Waals surface area (Å²) < 4.78 is 0. The van der Waals surface area contributed by atoms with Gasteiger partial charge in [-0.05, 0) is 106 Å². The van der Waals surface area contributed by atoms with Crippen molar-refractivity contribution in [2.75, 3.05) is 0 Å². The van der Waals surface area contributed by atoms with Gasteiger partial charge in [-0.3, -0.25) is 9.59 Å². The maximum Gasteiger partial charge on any atom is 0.303 e. The first-order valence-electron chi connectivity index (χ1n) is 14.3. The number of carboxylic acids is 2. The average Bonchev–Trinajstić information content (AvgIpc) is 3.61. The zero-order valence-electron chi connectivity index (χ0n) is 24.9. The lowest BCUT2D eigenvalue weighted by molar-refractivity contribution is -0.137. The number of hydrogen-bond donors (Lipinski definition) is 6. The molecule has 0 saturated heterocycles. The zero-order chi connectivity index (χ0) is 31.2. The van der Waals surface area contributed by atoms with Gasteiger partial charge in [0.25, 0.3) is 0 Å². The number of nitrogens with zero attached hydrogens (tertiary/aromatic N) is 2. The number of aliphatic hydroxyl groups is 2. The fraction of sp³-hybridized carbons (Fsp3) is 0.333. The fourth-order valence-electron chi connectivity index (χ4n) is 6.02. The van der Waals surface area contributed by atoms with Gasteiger partial charge >= 0.3 is 11.9 Å². The third-order valence-electron chi connectivity index (χ3n) is 8.18. The first-order valence-corrected chi connectivity index (χ1v) is 14.3. The van der Waals surface area contributed by atoms with E-state index in [-0.39, 0.29) is 25.7 Å². The predicted octanol–water partition coefficient (Wildman–Crippen LogP) is 5.80. The molecule has 2 aliphatic rings. The molecule has 0 fully saturated rings. The quantitative estimate of drug-likeness (QED) is 0.193. The van der Waals surface area contributed by atoms with Gasteiger partial charge in [0.1, 0.15) is 0 Å². The number of allylic oxidation sites excluding steroid dienone is 3. The van der Waals surface area contributed by atoms with Crippen LogP contribution in [0.15, 0.2) is 30.3 Å². The first-order chi connectivity index (χ1) is 20.3. The highest BCUT2D eigenvalue weighted by Gasteiger charge is 2.24. The lowest BCUT2D eigenvalue weighted by Gasteiger charge is -2.07. The summed E-state index contributed by atoms with van der Waals surface area (Å²) in [6, 6.07) is 9.35. The minimum absolute atomic E-state index is 0.0600. The Morgan fingerprint density at radius 1 is 0.721 bits per heavy atom. The summed E-state index contributed by atoms with van der Waals surface area (Å²) in [5.74, 6) is -1.83. The zero-order valence-corrected chi connectivity index (χ0v) is 24.9. The number of nitrogens with one attached hydrogen (secondary N) is 2. The minimum atomic E-state index is -0.920. The van der Waals surface area contributed by atoms with Crippen LogP contribution >= 0.6 is 0 Å². The van der Waals surface area contributed by atoms with Crippen LogP contribution in [-0.4, -0.2) is 58.4 Å². The van der Waals surface area contributed by atoms with E-state index in [0.29, 0.717) is 39.4 Å². The third kappa shape index (κ3) is 5.89. The van der Waals surface area contributed by atoms with Crippen molar-refractivity contribution in [1.82, 2.24) is 19.9 Å². The van der Waals surface area contributed by atoms with Crippen molar-refractivity contribution in [3.8, 4) is 0 Å². The SMILES string of the molecule is CC1=C(CCC(=O)O)c2cc3[nH]c(cc3CCC(=O)O)cc3[nH]c(cc4nc(cc1n2)C(C(C)O)=C4C)c(C(C)O)c3C. The number of aromatic nitrogens is 4. The maximum absolute atomic E-state index is 11.5. The fourth-order valence-corrected chi connectivity index (χ4v) is 6.02. The van der Waals surface area contributed by atoms with Crippen molar-refractivity contribution in [1.29, 1.82) is 0 Å². The van der Waals surface area contributed by atoms with E-state index in [1.165, 1.54) is 0 Å². The Morgan fingerprint density at radius 2 is 1.35 bits per heavy atom. The highest BCUT2D eigenvalue weighted by Crippen LogP contribution is 2.37. The molecule has 5 heterocycles. The van der Waals surface area contributed by atoms with Gasteiger partial charge < -0.3 is 30.4 Å². The Hall–Kier alpha value is -4.54. The van der Waals surface area contributed by atoms with Crippen LogP contribution in [-0.2, 0) is 16.0 Å². The van der Waals surface area contributed by atoms with E-state index in [0.717, 1.165) is 44.4 Å².